The summed E-state index contributed by atoms with van der Waals surface area (Å²) in [6, 6.07) is 8.77. The summed E-state index contributed by atoms with van der Waals surface area (Å²) in [5.74, 6) is 1.60. The summed E-state index contributed by atoms with van der Waals surface area (Å²) in [4.78, 5) is 1.35. The molecule has 0 unspecified atom stereocenters. The lowest BCUT2D eigenvalue weighted by Crippen LogP contribution is -2.25. The highest BCUT2D eigenvalue weighted by Gasteiger charge is 2.05. The zero-order chi connectivity index (χ0) is 11.8. The summed E-state index contributed by atoms with van der Waals surface area (Å²) in [6.45, 7) is 3.54. The van der Waals surface area contributed by atoms with Gasteiger partial charge in [-0.3, -0.25) is 0 Å². The van der Waals surface area contributed by atoms with Gasteiger partial charge in [0.2, 0.25) is 0 Å². The third kappa shape index (κ3) is 4.56. The number of rotatable bonds is 7. The van der Waals surface area contributed by atoms with E-state index in [2.05, 4.69) is 31.2 Å². The lowest BCUT2D eigenvalue weighted by Gasteiger charge is -2.12. The molecule has 0 amide bonds. The molecular weight excluding hydrogens is 216 g/mol. The third-order valence-electron chi connectivity index (χ3n) is 2.59. The molecule has 4 N–H and O–H groups in total. The fourth-order valence-electron chi connectivity index (χ4n) is 1.54. The number of hydrogen-bond donors (Lipinski definition) is 2. The van der Waals surface area contributed by atoms with Gasteiger partial charge in [-0.2, -0.15) is 0 Å². The van der Waals surface area contributed by atoms with Crippen LogP contribution >= 0.6 is 11.8 Å². The van der Waals surface area contributed by atoms with Gasteiger partial charge < -0.3 is 11.5 Å². The fourth-order valence-corrected chi connectivity index (χ4v) is 2.31. The lowest BCUT2D eigenvalue weighted by atomic mass is 10.00. The molecule has 16 heavy (non-hydrogen) atoms. The first kappa shape index (κ1) is 13.6. The van der Waals surface area contributed by atoms with Crippen LogP contribution in [0.2, 0.25) is 0 Å². The molecule has 0 aliphatic carbocycles. The molecule has 0 atom stereocenters. The maximum Gasteiger partial charge on any atom is 0.00721 e. The highest BCUT2D eigenvalue weighted by atomic mass is 32.2. The Balaban J connectivity index is 2.50. The van der Waals surface area contributed by atoms with Gasteiger partial charge in [0.15, 0.2) is 0 Å². The maximum absolute atomic E-state index is 5.64. The van der Waals surface area contributed by atoms with Gasteiger partial charge >= 0.3 is 0 Å². The maximum atomic E-state index is 5.64. The van der Waals surface area contributed by atoms with Gasteiger partial charge in [-0.05, 0) is 55.3 Å². The molecule has 1 aromatic carbocycles. The van der Waals surface area contributed by atoms with Crippen molar-refractivity contribution in [2.75, 3.05) is 18.8 Å². The standard InChI is InChI=1S/C13H22N2S/c1-2-7-16-13-5-3-11(4-6-13)8-12(9-14)10-15/h3-6,12H,2,7-10,14-15H2,1H3. The van der Waals surface area contributed by atoms with Crippen LogP contribution in [0.1, 0.15) is 18.9 Å². The van der Waals surface area contributed by atoms with Crippen LogP contribution in [0.15, 0.2) is 29.2 Å². The zero-order valence-corrected chi connectivity index (χ0v) is 10.8. The van der Waals surface area contributed by atoms with Crippen LogP contribution in [0.3, 0.4) is 0 Å². The summed E-state index contributed by atoms with van der Waals surface area (Å²) >= 11 is 1.91. The number of hydrogen-bond acceptors (Lipinski definition) is 3. The van der Waals surface area contributed by atoms with E-state index >= 15 is 0 Å². The van der Waals surface area contributed by atoms with E-state index in [4.69, 9.17) is 11.5 Å². The van der Waals surface area contributed by atoms with E-state index in [-0.39, 0.29) is 0 Å². The Hall–Kier alpha value is -0.510. The molecule has 0 saturated heterocycles. The molecule has 0 saturated carbocycles. The van der Waals surface area contributed by atoms with Gasteiger partial charge in [0, 0.05) is 4.90 Å². The minimum absolute atomic E-state index is 0.411. The lowest BCUT2D eigenvalue weighted by molar-refractivity contribution is 0.548. The van der Waals surface area contributed by atoms with Gasteiger partial charge in [0.1, 0.15) is 0 Å². The second-order valence-corrected chi connectivity index (χ2v) is 5.20. The predicted molar refractivity (Wildman–Crippen MR) is 72.8 cm³/mol. The Labute approximate surface area is 103 Å². The van der Waals surface area contributed by atoms with Crippen LogP contribution in [0.5, 0.6) is 0 Å². The topological polar surface area (TPSA) is 52.0 Å². The summed E-state index contributed by atoms with van der Waals surface area (Å²) in [7, 11) is 0. The van der Waals surface area contributed by atoms with E-state index in [0.717, 1.165) is 6.42 Å². The normalized spacial score (nSPS) is 11.0. The molecule has 0 aromatic heterocycles. The number of benzene rings is 1. The molecule has 0 heterocycles. The van der Waals surface area contributed by atoms with Gasteiger partial charge in [0.05, 0.1) is 0 Å². The van der Waals surface area contributed by atoms with Gasteiger partial charge in [-0.15, -0.1) is 11.8 Å². The van der Waals surface area contributed by atoms with Crippen LogP contribution < -0.4 is 11.5 Å². The zero-order valence-electron chi connectivity index (χ0n) is 9.99. The smallest absolute Gasteiger partial charge is 0.00721 e. The summed E-state index contributed by atoms with van der Waals surface area (Å²) in [5.41, 5.74) is 12.6. The molecule has 2 nitrogen and oxygen atoms in total. The Morgan fingerprint density at radius 2 is 1.75 bits per heavy atom. The molecule has 0 aliphatic rings. The Morgan fingerprint density at radius 1 is 1.12 bits per heavy atom. The van der Waals surface area contributed by atoms with Gasteiger partial charge in [-0.25, -0.2) is 0 Å². The molecule has 0 fully saturated rings. The van der Waals surface area contributed by atoms with Crippen molar-refractivity contribution < 1.29 is 0 Å². The summed E-state index contributed by atoms with van der Waals surface area (Å²) < 4.78 is 0. The van der Waals surface area contributed by atoms with Crippen molar-refractivity contribution in [2.45, 2.75) is 24.7 Å². The fraction of sp³-hybridized carbons (Fsp3) is 0.538. The van der Waals surface area contributed by atoms with E-state index in [0.29, 0.717) is 19.0 Å². The first-order chi connectivity index (χ1) is 7.80. The SMILES string of the molecule is CCCSc1ccc(CC(CN)CN)cc1. The molecule has 0 bridgehead atoms. The molecule has 0 spiro atoms. The quantitative estimate of drug-likeness (QED) is 0.716. The summed E-state index contributed by atoms with van der Waals surface area (Å²) in [6.07, 6.45) is 2.21. The molecule has 1 aromatic rings. The van der Waals surface area contributed by atoms with Gasteiger partial charge in [-0.1, -0.05) is 19.1 Å². The predicted octanol–water partition coefficient (Wildman–Crippen LogP) is 2.26. The summed E-state index contributed by atoms with van der Waals surface area (Å²) in [5, 5.41) is 0. The average Bonchev–Trinajstić information content (AvgIpc) is 2.35. The van der Waals surface area contributed by atoms with Crippen molar-refractivity contribution in [1.82, 2.24) is 0 Å². The Morgan fingerprint density at radius 3 is 2.25 bits per heavy atom. The van der Waals surface area contributed by atoms with Crippen molar-refractivity contribution in [2.24, 2.45) is 17.4 Å². The van der Waals surface area contributed by atoms with Crippen molar-refractivity contribution in [3.63, 3.8) is 0 Å². The van der Waals surface area contributed by atoms with Crippen molar-refractivity contribution in [1.29, 1.82) is 0 Å². The molecule has 3 heteroatoms. The molecule has 0 radical (unpaired) electrons. The minimum Gasteiger partial charge on any atom is -0.330 e. The first-order valence-electron chi connectivity index (χ1n) is 5.92. The molecule has 0 aliphatic heterocycles. The molecule has 1 rings (SSSR count). The van der Waals surface area contributed by atoms with E-state index in [1.54, 1.807) is 0 Å². The molecular formula is C13H22N2S. The van der Waals surface area contributed by atoms with Crippen molar-refractivity contribution >= 4 is 11.8 Å². The largest absolute Gasteiger partial charge is 0.330 e. The van der Waals surface area contributed by atoms with Crippen LogP contribution in [0.25, 0.3) is 0 Å². The van der Waals surface area contributed by atoms with E-state index in [9.17, 15) is 0 Å². The van der Waals surface area contributed by atoms with Crippen molar-refractivity contribution in [3.8, 4) is 0 Å². The second-order valence-electron chi connectivity index (χ2n) is 4.03. The van der Waals surface area contributed by atoms with Crippen LogP contribution in [-0.2, 0) is 6.42 Å². The van der Waals surface area contributed by atoms with Gasteiger partial charge in [0.25, 0.3) is 0 Å². The highest BCUT2D eigenvalue weighted by Crippen LogP contribution is 2.19. The highest BCUT2D eigenvalue weighted by molar-refractivity contribution is 7.99. The van der Waals surface area contributed by atoms with Crippen LogP contribution in [-0.4, -0.2) is 18.8 Å². The van der Waals surface area contributed by atoms with Crippen LogP contribution in [0.4, 0.5) is 0 Å². The Bertz CT molecular complexity index is 280. The van der Waals surface area contributed by atoms with Crippen LogP contribution in [0, 0.1) is 5.92 Å². The third-order valence-corrected chi connectivity index (χ3v) is 3.81. The second kappa shape index (κ2) is 7.71. The van der Waals surface area contributed by atoms with E-state index in [1.165, 1.54) is 22.6 Å². The monoisotopic (exact) mass is 238 g/mol. The van der Waals surface area contributed by atoms with Crippen molar-refractivity contribution in [3.05, 3.63) is 29.8 Å². The number of nitrogens with two attached hydrogens (primary N) is 2. The minimum atomic E-state index is 0.411. The molecule has 90 valence electrons. The van der Waals surface area contributed by atoms with E-state index < -0.39 is 0 Å². The Kier molecular flexibility index (Phi) is 6.53. The first-order valence-corrected chi connectivity index (χ1v) is 6.90. The average molecular weight is 238 g/mol. The number of thioether (sulfide) groups is 1. The van der Waals surface area contributed by atoms with E-state index in [1.807, 2.05) is 11.8 Å².